The third-order valence-corrected chi connectivity index (χ3v) is 4.74. The third-order valence-electron chi connectivity index (χ3n) is 4.74. The fourth-order valence-electron chi connectivity index (χ4n) is 3.14. The number of amides is 2. The van der Waals surface area contributed by atoms with E-state index in [4.69, 9.17) is 9.26 Å². The molecule has 7 heteroatoms. The van der Waals surface area contributed by atoms with Gasteiger partial charge < -0.3 is 19.5 Å². The Morgan fingerprint density at radius 2 is 2.19 bits per heavy atom. The van der Waals surface area contributed by atoms with Gasteiger partial charge in [-0.3, -0.25) is 9.59 Å². The second-order valence-corrected chi connectivity index (χ2v) is 7.08. The smallest absolute Gasteiger partial charge is 0.225 e. The van der Waals surface area contributed by atoms with Crippen LogP contribution in [0.3, 0.4) is 0 Å². The summed E-state index contributed by atoms with van der Waals surface area (Å²) in [5, 5.41) is 6.82. The molecule has 7 nitrogen and oxygen atoms in total. The van der Waals surface area contributed by atoms with Crippen molar-refractivity contribution in [3.63, 3.8) is 0 Å². The van der Waals surface area contributed by atoms with Crippen LogP contribution in [0.5, 0.6) is 5.75 Å². The maximum Gasteiger partial charge on any atom is 0.225 e. The molecule has 27 heavy (non-hydrogen) atoms. The van der Waals surface area contributed by atoms with Crippen molar-refractivity contribution in [2.75, 3.05) is 13.7 Å². The molecule has 144 valence electrons. The lowest BCUT2D eigenvalue weighted by Crippen LogP contribution is -2.32. The van der Waals surface area contributed by atoms with E-state index in [-0.39, 0.29) is 36.6 Å². The number of methoxy groups -OCH3 is 1. The largest absolute Gasteiger partial charge is 0.496 e. The highest BCUT2D eigenvalue weighted by atomic mass is 16.5. The topological polar surface area (TPSA) is 84.7 Å². The summed E-state index contributed by atoms with van der Waals surface area (Å²) in [5.41, 5.74) is 1.79. The van der Waals surface area contributed by atoms with E-state index in [9.17, 15) is 9.59 Å². The van der Waals surface area contributed by atoms with Gasteiger partial charge in [-0.05, 0) is 12.0 Å². The predicted octanol–water partition coefficient (Wildman–Crippen LogP) is 2.47. The molecule has 0 spiro atoms. The molecule has 1 aromatic carbocycles. The number of carbonyl (C=O) groups excluding carboxylic acids is 2. The standard InChI is InChI=1S/C20H25N3O4/c1-13(2)17-9-16(27-22-17)10-21-20(25)15-8-19(24)23(12-15)11-14-6-4-5-7-18(14)26-3/h4-7,9,13,15H,8,10-12H2,1-3H3,(H,21,25)/t15-/m0/s1. The van der Waals surface area contributed by atoms with Gasteiger partial charge in [0.15, 0.2) is 5.76 Å². The maximum absolute atomic E-state index is 12.4. The number of hydrogen-bond donors (Lipinski definition) is 1. The number of aromatic nitrogens is 1. The molecular weight excluding hydrogens is 346 g/mol. The Labute approximate surface area is 158 Å². The Kier molecular flexibility index (Phi) is 5.78. The van der Waals surface area contributed by atoms with Crippen molar-refractivity contribution in [3.8, 4) is 5.75 Å². The van der Waals surface area contributed by atoms with Crippen molar-refractivity contribution in [3.05, 3.63) is 47.3 Å². The zero-order chi connectivity index (χ0) is 19.4. The average Bonchev–Trinajstić information content (AvgIpc) is 3.27. The molecule has 2 heterocycles. The average molecular weight is 371 g/mol. The van der Waals surface area contributed by atoms with Gasteiger partial charge >= 0.3 is 0 Å². The molecule has 1 N–H and O–H groups in total. The monoisotopic (exact) mass is 371 g/mol. The van der Waals surface area contributed by atoms with E-state index < -0.39 is 0 Å². The molecular formula is C20H25N3O4. The van der Waals surface area contributed by atoms with E-state index in [0.717, 1.165) is 17.0 Å². The molecule has 3 rings (SSSR count). The lowest BCUT2D eigenvalue weighted by molar-refractivity contribution is -0.129. The van der Waals surface area contributed by atoms with Crippen LogP contribution in [-0.2, 0) is 22.7 Å². The second-order valence-electron chi connectivity index (χ2n) is 7.08. The van der Waals surface area contributed by atoms with Gasteiger partial charge in [-0.2, -0.15) is 0 Å². The molecule has 0 aliphatic carbocycles. The lowest BCUT2D eigenvalue weighted by Gasteiger charge is -2.18. The number of hydrogen-bond acceptors (Lipinski definition) is 5. The number of benzene rings is 1. The van der Waals surface area contributed by atoms with E-state index in [1.807, 2.05) is 44.2 Å². The Hall–Kier alpha value is -2.83. The Bertz CT molecular complexity index is 815. The van der Waals surface area contributed by atoms with E-state index >= 15 is 0 Å². The SMILES string of the molecule is COc1ccccc1CN1C[C@@H](C(=O)NCc2cc(C(C)C)no2)CC1=O. The molecule has 1 aliphatic heterocycles. The molecule has 1 fully saturated rings. The first-order chi connectivity index (χ1) is 13.0. The Morgan fingerprint density at radius 1 is 1.41 bits per heavy atom. The van der Waals surface area contributed by atoms with Crippen LogP contribution in [0.4, 0.5) is 0 Å². The highest BCUT2D eigenvalue weighted by molar-refractivity contribution is 5.89. The van der Waals surface area contributed by atoms with Crippen LogP contribution in [-0.4, -0.2) is 35.5 Å². The summed E-state index contributed by atoms with van der Waals surface area (Å²) in [4.78, 5) is 26.5. The molecule has 0 saturated carbocycles. The summed E-state index contributed by atoms with van der Waals surface area (Å²) in [5.74, 6) is 1.09. The van der Waals surface area contributed by atoms with Crippen LogP contribution in [0.25, 0.3) is 0 Å². The van der Waals surface area contributed by atoms with Crippen molar-refractivity contribution >= 4 is 11.8 Å². The summed E-state index contributed by atoms with van der Waals surface area (Å²) in [6.45, 7) is 5.17. The Balaban J connectivity index is 1.55. The van der Waals surface area contributed by atoms with Crippen LogP contribution in [0, 0.1) is 5.92 Å². The highest BCUT2D eigenvalue weighted by Crippen LogP contribution is 2.25. The number of rotatable bonds is 7. The quantitative estimate of drug-likeness (QED) is 0.808. The lowest BCUT2D eigenvalue weighted by atomic mass is 10.1. The first-order valence-electron chi connectivity index (χ1n) is 9.10. The fraction of sp³-hybridized carbons (Fsp3) is 0.450. The molecule has 0 unspecified atom stereocenters. The molecule has 2 aromatic rings. The van der Waals surface area contributed by atoms with Crippen molar-refractivity contribution < 1.29 is 18.8 Å². The number of para-hydroxylation sites is 1. The van der Waals surface area contributed by atoms with E-state index in [0.29, 0.717) is 18.8 Å². The van der Waals surface area contributed by atoms with Crippen LogP contribution in [0.1, 0.15) is 43.2 Å². The van der Waals surface area contributed by atoms with Crippen molar-refractivity contribution in [2.45, 2.75) is 39.3 Å². The fourth-order valence-corrected chi connectivity index (χ4v) is 3.14. The number of nitrogens with one attached hydrogen (secondary N) is 1. The minimum absolute atomic E-state index is 0.0252. The van der Waals surface area contributed by atoms with Crippen LogP contribution < -0.4 is 10.1 Å². The van der Waals surface area contributed by atoms with Gasteiger partial charge in [-0.15, -0.1) is 0 Å². The zero-order valence-electron chi connectivity index (χ0n) is 15.9. The summed E-state index contributed by atoms with van der Waals surface area (Å²) < 4.78 is 10.6. The first-order valence-corrected chi connectivity index (χ1v) is 9.10. The molecule has 1 saturated heterocycles. The van der Waals surface area contributed by atoms with Crippen LogP contribution in [0.15, 0.2) is 34.9 Å². The molecule has 2 amide bonds. The molecule has 0 radical (unpaired) electrons. The number of likely N-dealkylation sites (tertiary alicyclic amines) is 1. The van der Waals surface area contributed by atoms with Gasteiger partial charge in [-0.1, -0.05) is 37.2 Å². The third kappa shape index (κ3) is 4.48. The van der Waals surface area contributed by atoms with Crippen molar-refractivity contribution in [2.24, 2.45) is 5.92 Å². The van der Waals surface area contributed by atoms with E-state index in [1.165, 1.54) is 0 Å². The number of carbonyl (C=O) groups is 2. The van der Waals surface area contributed by atoms with Crippen molar-refractivity contribution in [1.82, 2.24) is 15.4 Å². The summed E-state index contributed by atoms with van der Waals surface area (Å²) >= 11 is 0. The predicted molar refractivity (Wildman–Crippen MR) is 99.0 cm³/mol. The van der Waals surface area contributed by atoms with Crippen molar-refractivity contribution in [1.29, 1.82) is 0 Å². The number of nitrogens with zero attached hydrogens (tertiary/aromatic N) is 2. The molecule has 0 bridgehead atoms. The first kappa shape index (κ1) is 18.9. The van der Waals surface area contributed by atoms with Crippen LogP contribution in [0.2, 0.25) is 0 Å². The minimum Gasteiger partial charge on any atom is -0.496 e. The van der Waals surface area contributed by atoms with E-state index in [1.54, 1.807) is 12.0 Å². The highest BCUT2D eigenvalue weighted by Gasteiger charge is 2.34. The summed E-state index contributed by atoms with van der Waals surface area (Å²) in [7, 11) is 1.61. The van der Waals surface area contributed by atoms with Gasteiger partial charge in [-0.25, -0.2) is 0 Å². The number of ether oxygens (including phenoxy) is 1. The van der Waals surface area contributed by atoms with E-state index in [2.05, 4.69) is 10.5 Å². The van der Waals surface area contributed by atoms with Gasteiger partial charge in [0.05, 0.1) is 25.3 Å². The molecule has 1 atom stereocenters. The van der Waals surface area contributed by atoms with Gasteiger partial charge in [0.25, 0.3) is 0 Å². The Morgan fingerprint density at radius 3 is 2.89 bits per heavy atom. The molecule has 1 aliphatic rings. The maximum atomic E-state index is 12.4. The minimum atomic E-state index is -0.361. The second kappa shape index (κ2) is 8.24. The van der Waals surface area contributed by atoms with Gasteiger partial charge in [0.2, 0.25) is 11.8 Å². The molecule has 1 aromatic heterocycles. The van der Waals surface area contributed by atoms with Gasteiger partial charge in [0.1, 0.15) is 5.75 Å². The normalized spacial score (nSPS) is 16.8. The van der Waals surface area contributed by atoms with Gasteiger partial charge in [0, 0.05) is 31.1 Å². The summed E-state index contributed by atoms with van der Waals surface area (Å²) in [6.07, 6.45) is 0.217. The zero-order valence-corrected chi connectivity index (χ0v) is 15.9. The summed E-state index contributed by atoms with van der Waals surface area (Å²) in [6, 6.07) is 9.43. The van der Waals surface area contributed by atoms with Crippen LogP contribution >= 0.6 is 0 Å².